The molecule has 19 heavy (non-hydrogen) atoms. The lowest BCUT2D eigenvalue weighted by molar-refractivity contribution is 0.132. The van der Waals surface area contributed by atoms with Gasteiger partial charge in [-0.2, -0.15) is 5.26 Å². The molecule has 0 aromatic carbocycles. The molecule has 2 aliphatic rings. The van der Waals surface area contributed by atoms with Crippen molar-refractivity contribution in [2.45, 2.75) is 43.7 Å². The van der Waals surface area contributed by atoms with Crippen molar-refractivity contribution in [3.8, 4) is 6.07 Å². The zero-order valence-electron chi connectivity index (χ0n) is 12.7. The van der Waals surface area contributed by atoms with Gasteiger partial charge in [0.05, 0.1) is 6.07 Å². The number of nitriles is 1. The fraction of sp³-hybridized carbons (Fsp3) is 0.933. The van der Waals surface area contributed by atoms with Gasteiger partial charge >= 0.3 is 0 Å². The Bertz CT molecular complexity index is 338. The van der Waals surface area contributed by atoms with Crippen LogP contribution in [0.1, 0.15) is 32.1 Å². The van der Waals surface area contributed by atoms with Gasteiger partial charge in [-0.25, -0.2) is 0 Å². The molecule has 3 unspecified atom stereocenters. The number of hydrogen-bond acceptors (Lipinski definition) is 4. The van der Waals surface area contributed by atoms with Gasteiger partial charge in [0.25, 0.3) is 0 Å². The van der Waals surface area contributed by atoms with Gasteiger partial charge in [0.15, 0.2) is 0 Å². The lowest BCUT2D eigenvalue weighted by atomic mass is 9.79. The van der Waals surface area contributed by atoms with Crippen LogP contribution in [0.2, 0.25) is 0 Å². The quantitative estimate of drug-likeness (QED) is 0.831. The first-order chi connectivity index (χ1) is 9.08. The van der Waals surface area contributed by atoms with Crippen molar-refractivity contribution in [2.75, 3.05) is 40.8 Å². The molecule has 1 aliphatic heterocycles. The average Bonchev–Trinajstić information content (AvgIpc) is 2.84. The third-order valence-corrected chi connectivity index (χ3v) is 5.08. The molecular weight excluding hydrogens is 236 g/mol. The number of nitrogens with zero attached hydrogens (tertiary/aromatic N) is 3. The molecule has 0 aromatic rings. The third-order valence-electron chi connectivity index (χ3n) is 5.08. The Morgan fingerprint density at radius 3 is 2.84 bits per heavy atom. The summed E-state index contributed by atoms with van der Waals surface area (Å²) >= 11 is 0. The van der Waals surface area contributed by atoms with E-state index in [9.17, 15) is 5.26 Å². The van der Waals surface area contributed by atoms with Crippen LogP contribution in [0.25, 0.3) is 0 Å². The molecule has 2 fully saturated rings. The second kappa shape index (κ2) is 6.21. The standard InChI is InChI=1S/C15H28N4/c1-17-15(12-16)7-4-5-14(9-15)19(3)11-13-6-8-18(2)10-13/h13-14,17H,4-11H2,1-3H3. The fourth-order valence-electron chi connectivity index (χ4n) is 3.74. The molecule has 2 rings (SSSR count). The lowest BCUT2D eigenvalue weighted by Crippen LogP contribution is -2.51. The molecule has 0 amide bonds. The van der Waals surface area contributed by atoms with Crippen LogP contribution < -0.4 is 5.32 Å². The van der Waals surface area contributed by atoms with E-state index >= 15 is 0 Å². The highest BCUT2D eigenvalue weighted by atomic mass is 15.2. The van der Waals surface area contributed by atoms with Crippen molar-refractivity contribution < 1.29 is 0 Å². The molecule has 4 nitrogen and oxygen atoms in total. The molecule has 1 heterocycles. The zero-order chi connectivity index (χ0) is 13.9. The van der Waals surface area contributed by atoms with E-state index < -0.39 is 0 Å². The van der Waals surface area contributed by atoms with E-state index in [2.05, 4.69) is 35.3 Å². The normalized spacial score (nSPS) is 36.6. The molecule has 0 aromatic heterocycles. The number of hydrogen-bond donors (Lipinski definition) is 1. The van der Waals surface area contributed by atoms with Gasteiger partial charge in [0.2, 0.25) is 0 Å². The monoisotopic (exact) mass is 264 g/mol. The van der Waals surface area contributed by atoms with Gasteiger partial charge in [-0.05, 0) is 65.7 Å². The first kappa shape index (κ1) is 14.8. The highest BCUT2D eigenvalue weighted by Gasteiger charge is 2.37. The van der Waals surface area contributed by atoms with E-state index in [1.165, 1.54) is 32.5 Å². The van der Waals surface area contributed by atoms with Crippen LogP contribution in [0.5, 0.6) is 0 Å². The van der Waals surface area contributed by atoms with Crippen LogP contribution in [-0.4, -0.2) is 62.2 Å². The summed E-state index contributed by atoms with van der Waals surface area (Å²) in [7, 11) is 6.38. The Hall–Kier alpha value is -0.630. The molecule has 0 radical (unpaired) electrons. The van der Waals surface area contributed by atoms with Gasteiger partial charge in [0.1, 0.15) is 5.54 Å². The number of rotatable bonds is 4. The maximum Gasteiger partial charge on any atom is 0.108 e. The minimum absolute atomic E-state index is 0.288. The molecular formula is C15H28N4. The van der Waals surface area contributed by atoms with Gasteiger partial charge in [0, 0.05) is 19.1 Å². The molecule has 1 saturated carbocycles. The first-order valence-electron chi connectivity index (χ1n) is 7.57. The van der Waals surface area contributed by atoms with Crippen LogP contribution in [0.4, 0.5) is 0 Å². The zero-order valence-corrected chi connectivity index (χ0v) is 12.7. The highest BCUT2D eigenvalue weighted by molar-refractivity contribution is 5.10. The third kappa shape index (κ3) is 3.47. The van der Waals surface area contributed by atoms with Crippen molar-refractivity contribution in [3.63, 3.8) is 0 Å². The minimum Gasteiger partial charge on any atom is -0.306 e. The molecule has 0 spiro atoms. The van der Waals surface area contributed by atoms with Gasteiger partial charge in [-0.15, -0.1) is 0 Å². The van der Waals surface area contributed by atoms with E-state index in [0.717, 1.165) is 25.2 Å². The first-order valence-corrected chi connectivity index (χ1v) is 7.57. The summed E-state index contributed by atoms with van der Waals surface area (Å²) in [6, 6.07) is 3.07. The molecule has 108 valence electrons. The van der Waals surface area contributed by atoms with Gasteiger partial charge in [-0.1, -0.05) is 0 Å². The van der Waals surface area contributed by atoms with Crippen molar-refractivity contribution in [1.82, 2.24) is 15.1 Å². The maximum absolute atomic E-state index is 9.42. The van der Waals surface area contributed by atoms with Gasteiger partial charge < -0.3 is 15.1 Å². The van der Waals surface area contributed by atoms with Crippen LogP contribution in [-0.2, 0) is 0 Å². The predicted molar refractivity (Wildman–Crippen MR) is 77.9 cm³/mol. The summed E-state index contributed by atoms with van der Waals surface area (Å²) in [6.45, 7) is 3.65. The molecule has 1 saturated heterocycles. The van der Waals surface area contributed by atoms with E-state index in [1.807, 2.05) is 7.05 Å². The fourth-order valence-corrected chi connectivity index (χ4v) is 3.74. The Kier molecular flexibility index (Phi) is 4.83. The Morgan fingerprint density at radius 1 is 1.47 bits per heavy atom. The van der Waals surface area contributed by atoms with Crippen molar-refractivity contribution in [1.29, 1.82) is 5.26 Å². The van der Waals surface area contributed by atoms with Crippen LogP contribution in [0.15, 0.2) is 0 Å². The Balaban J connectivity index is 1.88. The summed E-state index contributed by atoms with van der Waals surface area (Å²) in [4.78, 5) is 4.93. The average molecular weight is 264 g/mol. The lowest BCUT2D eigenvalue weighted by Gasteiger charge is -2.40. The van der Waals surface area contributed by atoms with Crippen LogP contribution >= 0.6 is 0 Å². The van der Waals surface area contributed by atoms with Crippen LogP contribution in [0, 0.1) is 17.2 Å². The van der Waals surface area contributed by atoms with Gasteiger partial charge in [-0.3, -0.25) is 0 Å². The maximum atomic E-state index is 9.42. The summed E-state index contributed by atoms with van der Waals surface area (Å²) in [5, 5.41) is 12.7. The number of nitrogens with one attached hydrogen (secondary N) is 1. The second-order valence-corrected chi connectivity index (χ2v) is 6.55. The molecule has 4 heteroatoms. The van der Waals surface area contributed by atoms with Crippen molar-refractivity contribution >= 4 is 0 Å². The molecule has 1 N–H and O–H groups in total. The SMILES string of the molecule is CNC1(C#N)CCCC(N(C)CC2CCN(C)C2)C1. The predicted octanol–water partition coefficient (Wildman–Crippen LogP) is 1.29. The largest absolute Gasteiger partial charge is 0.306 e. The topological polar surface area (TPSA) is 42.3 Å². The smallest absolute Gasteiger partial charge is 0.108 e. The summed E-state index contributed by atoms with van der Waals surface area (Å²) in [5.74, 6) is 0.808. The second-order valence-electron chi connectivity index (χ2n) is 6.55. The van der Waals surface area contributed by atoms with Crippen molar-refractivity contribution in [2.24, 2.45) is 5.92 Å². The van der Waals surface area contributed by atoms with E-state index in [4.69, 9.17) is 0 Å². The summed E-state index contributed by atoms with van der Waals surface area (Å²) in [6.07, 6.45) is 5.69. The summed E-state index contributed by atoms with van der Waals surface area (Å²) < 4.78 is 0. The summed E-state index contributed by atoms with van der Waals surface area (Å²) in [5.41, 5.74) is -0.288. The van der Waals surface area contributed by atoms with Crippen molar-refractivity contribution in [3.05, 3.63) is 0 Å². The Labute approximate surface area is 117 Å². The minimum atomic E-state index is -0.288. The van der Waals surface area contributed by atoms with E-state index in [0.29, 0.717) is 6.04 Å². The Morgan fingerprint density at radius 2 is 2.26 bits per heavy atom. The molecule has 3 atom stereocenters. The van der Waals surface area contributed by atoms with Crippen LogP contribution in [0.3, 0.4) is 0 Å². The molecule has 1 aliphatic carbocycles. The highest BCUT2D eigenvalue weighted by Crippen LogP contribution is 2.31. The number of likely N-dealkylation sites (tertiary alicyclic amines) is 1. The van der Waals surface area contributed by atoms with E-state index in [-0.39, 0.29) is 5.54 Å². The molecule has 0 bridgehead atoms. The van der Waals surface area contributed by atoms with E-state index in [1.54, 1.807) is 0 Å².